The van der Waals surface area contributed by atoms with Crippen LogP contribution in [0, 0.1) is 18.7 Å². The Kier molecular flexibility index (Phi) is 6.93. The van der Waals surface area contributed by atoms with Gasteiger partial charge in [0.15, 0.2) is 0 Å². The molecule has 0 radical (unpaired) electrons. The van der Waals surface area contributed by atoms with Gasteiger partial charge in [-0.3, -0.25) is 4.79 Å². The van der Waals surface area contributed by atoms with Crippen LogP contribution in [0.2, 0.25) is 5.02 Å². The number of carboxylic acids is 1. The normalized spacial score (nSPS) is 22.5. The number of halogens is 2. The fourth-order valence-electron chi connectivity index (χ4n) is 4.80. The SMILES string of the molecule is Cc1ccc([C@@H](C)OC[C@H](O)CNC(C)(C)Cc2ccc(Cl)c(F)c2)c2c1O[C@H]1[C@H](C(=O)O)[C@@H]21. The van der Waals surface area contributed by atoms with Gasteiger partial charge in [-0.2, -0.15) is 0 Å². The lowest BCUT2D eigenvalue weighted by Crippen LogP contribution is -2.46. The molecule has 0 amide bonds. The van der Waals surface area contributed by atoms with Crippen molar-refractivity contribution < 1.29 is 28.9 Å². The van der Waals surface area contributed by atoms with Gasteiger partial charge in [0.25, 0.3) is 0 Å². The zero-order valence-corrected chi connectivity index (χ0v) is 20.5. The number of carbonyl (C=O) groups is 1. The van der Waals surface area contributed by atoms with Gasteiger partial charge in [-0.1, -0.05) is 29.8 Å². The molecule has 1 aliphatic carbocycles. The first-order valence-corrected chi connectivity index (χ1v) is 11.9. The summed E-state index contributed by atoms with van der Waals surface area (Å²) in [6.45, 7) is 8.23. The molecule has 1 fully saturated rings. The Bertz CT molecular complexity index is 1090. The smallest absolute Gasteiger partial charge is 0.311 e. The number of fused-ring (bicyclic) bond motifs is 3. The average Bonchev–Trinajstić information content (AvgIpc) is 3.35. The highest BCUT2D eigenvalue weighted by atomic mass is 35.5. The van der Waals surface area contributed by atoms with Gasteiger partial charge >= 0.3 is 5.97 Å². The molecule has 3 N–H and O–H groups in total. The summed E-state index contributed by atoms with van der Waals surface area (Å²) >= 11 is 5.76. The summed E-state index contributed by atoms with van der Waals surface area (Å²) in [7, 11) is 0. The van der Waals surface area contributed by atoms with Crippen molar-refractivity contribution in [2.24, 2.45) is 5.92 Å². The van der Waals surface area contributed by atoms with Gasteiger partial charge in [0.05, 0.1) is 23.8 Å². The number of hydrogen-bond donors (Lipinski definition) is 3. The predicted molar refractivity (Wildman–Crippen MR) is 127 cm³/mol. The Hall–Kier alpha value is -2.19. The summed E-state index contributed by atoms with van der Waals surface area (Å²) in [6, 6.07) is 8.67. The topological polar surface area (TPSA) is 88.0 Å². The van der Waals surface area contributed by atoms with Crippen LogP contribution >= 0.6 is 11.6 Å². The van der Waals surface area contributed by atoms with Crippen LogP contribution in [0.1, 0.15) is 55.0 Å². The third-order valence-corrected chi connectivity index (χ3v) is 6.98. The zero-order chi connectivity index (χ0) is 24.8. The third kappa shape index (κ3) is 5.08. The molecule has 2 aliphatic rings. The van der Waals surface area contributed by atoms with E-state index in [9.17, 15) is 19.4 Å². The van der Waals surface area contributed by atoms with Crippen molar-refractivity contribution in [2.45, 2.75) is 63.9 Å². The number of aryl methyl sites for hydroxylation is 1. The molecule has 5 atom stereocenters. The first kappa shape index (κ1) is 24.9. The van der Waals surface area contributed by atoms with Crippen molar-refractivity contribution in [3.63, 3.8) is 0 Å². The monoisotopic (exact) mass is 491 g/mol. The first-order valence-electron chi connectivity index (χ1n) is 11.5. The van der Waals surface area contributed by atoms with Crippen LogP contribution in [0.25, 0.3) is 0 Å². The van der Waals surface area contributed by atoms with E-state index >= 15 is 0 Å². The number of aliphatic hydroxyl groups excluding tert-OH is 1. The predicted octanol–water partition coefficient (Wildman–Crippen LogP) is 4.40. The Balaban J connectivity index is 1.32. The minimum Gasteiger partial charge on any atom is -0.488 e. The number of benzene rings is 2. The third-order valence-electron chi connectivity index (χ3n) is 6.68. The standard InChI is InChI=1S/C26H31ClFNO5/c1-13-5-7-17(20-21-22(25(31)32)24(21)34-23(13)20)14(2)33-12-16(30)11-29-26(3,4)10-15-6-8-18(27)19(28)9-15/h5-9,14,16,21-22,24,29-30H,10-12H2,1-4H3,(H,31,32)/t14-,16-,21-,22-,24-/m1/s1. The quantitative estimate of drug-likeness (QED) is 0.456. The minimum atomic E-state index is -0.841. The summed E-state index contributed by atoms with van der Waals surface area (Å²) in [5, 5.41) is 23.3. The lowest BCUT2D eigenvalue weighted by molar-refractivity contribution is -0.139. The number of hydrogen-bond acceptors (Lipinski definition) is 5. The minimum absolute atomic E-state index is 0.0951. The summed E-state index contributed by atoms with van der Waals surface area (Å²) in [4.78, 5) is 11.5. The van der Waals surface area contributed by atoms with Crippen molar-refractivity contribution in [1.29, 1.82) is 0 Å². The summed E-state index contributed by atoms with van der Waals surface area (Å²) < 4.78 is 25.6. The summed E-state index contributed by atoms with van der Waals surface area (Å²) in [5.41, 5.74) is 3.24. The van der Waals surface area contributed by atoms with Crippen LogP contribution in [0.3, 0.4) is 0 Å². The Morgan fingerprint density at radius 3 is 2.74 bits per heavy atom. The number of aliphatic hydroxyl groups is 1. The van der Waals surface area contributed by atoms with Crippen molar-refractivity contribution in [2.75, 3.05) is 13.2 Å². The Labute approximate surface area is 204 Å². The van der Waals surface area contributed by atoms with Gasteiger partial charge in [0, 0.05) is 23.6 Å². The van der Waals surface area contributed by atoms with E-state index in [1.54, 1.807) is 12.1 Å². The number of β-amino-alcohol motifs (C(OH)–C–C–N with tert-alkyl or cyclic N) is 1. The average molecular weight is 492 g/mol. The molecular formula is C26H31ClFNO5. The second-order valence-corrected chi connectivity index (χ2v) is 10.4. The summed E-state index contributed by atoms with van der Waals surface area (Å²) in [5.74, 6) is -1.17. The van der Waals surface area contributed by atoms with E-state index in [1.807, 2.05) is 39.8 Å². The molecule has 0 bridgehead atoms. The van der Waals surface area contributed by atoms with Crippen molar-refractivity contribution in [3.8, 4) is 5.75 Å². The number of carboxylic acid groups (broad SMARTS) is 1. The molecule has 8 heteroatoms. The number of aliphatic carboxylic acids is 1. The van der Waals surface area contributed by atoms with E-state index in [2.05, 4.69) is 5.32 Å². The van der Waals surface area contributed by atoms with Crippen molar-refractivity contribution in [3.05, 3.63) is 63.4 Å². The number of ether oxygens (including phenoxy) is 2. The molecule has 0 unspecified atom stereocenters. The highest BCUT2D eigenvalue weighted by molar-refractivity contribution is 6.30. The number of nitrogens with one attached hydrogen (secondary N) is 1. The van der Waals surface area contributed by atoms with E-state index in [-0.39, 0.29) is 35.3 Å². The van der Waals surface area contributed by atoms with Crippen LogP contribution in [-0.2, 0) is 16.0 Å². The van der Waals surface area contributed by atoms with Crippen LogP contribution in [-0.4, -0.2) is 47.1 Å². The van der Waals surface area contributed by atoms with Crippen molar-refractivity contribution >= 4 is 17.6 Å². The van der Waals surface area contributed by atoms with Gasteiger partial charge in [-0.15, -0.1) is 0 Å². The van der Waals surface area contributed by atoms with E-state index in [4.69, 9.17) is 21.1 Å². The van der Waals surface area contributed by atoms with E-state index in [0.717, 1.165) is 28.0 Å². The molecule has 1 heterocycles. The van der Waals surface area contributed by atoms with E-state index < -0.39 is 23.8 Å². The van der Waals surface area contributed by atoms with Gasteiger partial charge in [0.2, 0.25) is 0 Å². The molecule has 1 saturated carbocycles. The second kappa shape index (κ2) is 9.46. The molecule has 1 aliphatic heterocycles. The molecule has 0 saturated heterocycles. The Morgan fingerprint density at radius 1 is 1.32 bits per heavy atom. The largest absolute Gasteiger partial charge is 0.488 e. The molecule has 6 nitrogen and oxygen atoms in total. The van der Waals surface area contributed by atoms with E-state index in [1.165, 1.54) is 6.07 Å². The van der Waals surface area contributed by atoms with Gasteiger partial charge in [-0.05, 0) is 62.9 Å². The zero-order valence-electron chi connectivity index (χ0n) is 19.8. The van der Waals surface area contributed by atoms with Crippen LogP contribution in [0.4, 0.5) is 4.39 Å². The molecule has 2 aromatic carbocycles. The second-order valence-electron chi connectivity index (χ2n) is 10.0. The molecule has 0 spiro atoms. The molecular weight excluding hydrogens is 461 g/mol. The molecule has 0 aromatic heterocycles. The van der Waals surface area contributed by atoms with Crippen molar-refractivity contribution in [1.82, 2.24) is 5.32 Å². The Morgan fingerprint density at radius 2 is 2.06 bits per heavy atom. The highest BCUT2D eigenvalue weighted by Gasteiger charge is 2.64. The van der Waals surface area contributed by atoms with Crippen LogP contribution in [0.15, 0.2) is 30.3 Å². The lowest BCUT2D eigenvalue weighted by atomic mass is 9.94. The van der Waals surface area contributed by atoms with Gasteiger partial charge in [0.1, 0.15) is 23.6 Å². The molecule has 184 valence electrons. The molecule has 2 aromatic rings. The highest BCUT2D eigenvalue weighted by Crippen LogP contribution is 2.61. The summed E-state index contributed by atoms with van der Waals surface area (Å²) in [6.07, 6.45) is -0.815. The molecule has 34 heavy (non-hydrogen) atoms. The van der Waals surface area contributed by atoms with Gasteiger partial charge in [-0.25, -0.2) is 4.39 Å². The van der Waals surface area contributed by atoms with Crippen LogP contribution in [0.5, 0.6) is 5.75 Å². The van der Waals surface area contributed by atoms with Crippen LogP contribution < -0.4 is 10.1 Å². The fraction of sp³-hybridized carbons (Fsp3) is 0.500. The first-order chi connectivity index (χ1) is 16.0. The maximum absolute atomic E-state index is 13.7. The fourth-order valence-corrected chi connectivity index (χ4v) is 4.92. The number of rotatable bonds is 10. The lowest BCUT2D eigenvalue weighted by Gasteiger charge is -2.28. The van der Waals surface area contributed by atoms with Gasteiger partial charge < -0.3 is 25.0 Å². The maximum Gasteiger partial charge on any atom is 0.311 e. The molecule has 4 rings (SSSR count). The van der Waals surface area contributed by atoms with E-state index in [0.29, 0.717) is 13.0 Å². The maximum atomic E-state index is 13.7.